The summed E-state index contributed by atoms with van der Waals surface area (Å²) in [5, 5.41) is 2.73. The zero-order chi connectivity index (χ0) is 18.2. The predicted molar refractivity (Wildman–Crippen MR) is 87.3 cm³/mol. The van der Waals surface area contributed by atoms with E-state index in [1.165, 1.54) is 10.5 Å². The van der Waals surface area contributed by atoms with Crippen LogP contribution in [-0.4, -0.2) is 15.3 Å². The van der Waals surface area contributed by atoms with Crippen LogP contribution in [0.25, 0.3) is 5.65 Å². The second-order valence-electron chi connectivity index (χ2n) is 5.86. The fourth-order valence-electron chi connectivity index (χ4n) is 2.58. The van der Waals surface area contributed by atoms with E-state index in [9.17, 15) is 18.0 Å². The summed E-state index contributed by atoms with van der Waals surface area (Å²) in [4.78, 5) is 16.6. The Morgan fingerprint density at radius 1 is 1.12 bits per heavy atom. The second-order valence-corrected chi connectivity index (χ2v) is 5.86. The lowest BCUT2D eigenvalue weighted by Gasteiger charge is -2.09. The smallest absolute Gasteiger partial charge is 0.347 e. The maximum atomic E-state index is 12.9. The summed E-state index contributed by atoms with van der Waals surface area (Å²) in [6, 6.07) is 9.84. The topological polar surface area (TPSA) is 46.4 Å². The number of hydrogen-bond acceptors (Lipinski definition) is 2. The SMILES string of the molecule is Cc1ccc(CNC(=O)c2c(C)nc3ccc(C(F)(F)F)cn23)cc1. The molecule has 1 amide bonds. The van der Waals surface area contributed by atoms with E-state index >= 15 is 0 Å². The van der Waals surface area contributed by atoms with Crippen LogP contribution >= 0.6 is 0 Å². The standard InChI is InChI=1S/C18H16F3N3O/c1-11-3-5-13(6-4-11)9-22-17(25)16-12(2)23-15-8-7-14(10-24(15)16)18(19,20)21/h3-8,10H,9H2,1-2H3,(H,22,25). The van der Waals surface area contributed by atoms with Crippen molar-refractivity contribution in [3.8, 4) is 0 Å². The first kappa shape index (κ1) is 17.0. The number of benzene rings is 1. The van der Waals surface area contributed by atoms with E-state index in [1.807, 2.05) is 31.2 Å². The monoisotopic (exact) mass is 347 g/mol. The number of aromatic nitrogens is 2. The lowest BCUT2D eigenvalue weighted by molar-refractivity contribution is -0.137. The molecular weight excluding hydrogens is 331 g/mol. The van der Waals surface area contributed by atoms with Crippen LogP contribution in [0.4, 0.5) is 13.2 Å². The van der Waals surface area contributed by atoms with Crippen LogP contribution in [0.5, 0.6) is 0 Å². The fourth-order valence-corrected chi connectivity index (χ4v) is 2.58. The number of alkyl halides is 3. The molecule has 2 aromatic heterocycles. The molecule has 0 fully saturated rings. The van der Waals surface area contributed by atoms with Crippen molar-refractivity contribution in [1.29, 1.82) is 0 Å². The van der Waals surface area contributed by atoms with Gasteiger partial charge in [-0.2, -0.15) is 13.2 Å². The third-order valence-corrected chi connectivity index (χ3v) is 3.91. The van der Waals surface area contributed by atoms with Gasteiger partial charge in [0.05, 0.1) is 11.3 Å². The molecule has 0 saturated heterocycles. The quantitative estimate of drug-likeness (QED) is 0.781. The molecule has 4 nitrogen and oxygen atoms in total. The van der Waals surface area contributed by atoms with Crippen LogP contribution in [0.3, 0.4) is 0 Å². The van der Waals surface area contributed by atoms with Crippen molar-refractivity contribution in [3.63, 3.8) is 0 Å². The highest BCUT2D eigenvalue weighted by Gasteiger charge is 2.31. The summed E-state index contributed by atoms with van der Waals surface area (Å²) >= 11 is 0. The summed E-state index contributed by atoms with van der Waals surface area (Å²) in [6.07, 6.45) is -3.59. The first-order chi connectivity index (χ1) is 11.8. The van der Waals surface area contributed by atoms with Gasteiger partial charge in [0.2, 0.25) is 0 Å². The number of hydrogen-bond donors (Lipinski definition) is 1. The molecule has 0 saturated carbocycles. The van der Waals surface area contributed by atoms with E-state index in [-0.39, 0.29) is 12.2 Å². The van der Waals surface area contributed by atoms with E-state index in [4.69, 9.17) is 0 Å². The zero-order valence-corrected chi connectivity index (χ0v) is 13.7. The molecule has 0 unspecified atom stereocenters. The van der Waals surface area contributed by atoms with Gasteiger partial charge >= 0.3 is 6.18 Å². The highest BCUT2D eigenvalue weighted by molar-refractivity contribution is 5.94. The number of imidazole rings is 1. The maximum absolute atomic E-state index is 12.9. The molecule has 0 aliphatic rings. The highest BCUT2D eigenvalue weighted by Crippen LogP contribution is 2.29. The van der Waals surface area contributed by atoms with Gasteiger partial charge in [-0.3, -0.25) is 9.20 Å². The van der Waals surface area contributed by atoms with Crippen LogP contribution in [-0.2, 0) is 12.7 Å². The molecule has 0 atom stereocenters. The van der Waals surface area contributed by atoms with Gasteiger partial charge in [0.1, 0.15) is 11.3 Å². The summed E-state index contributed by atoms with van der Waals surface area (Å²) in [5.41, 5.74) is 1.96. The molecule has 25 heavy (non-hydrogen) atoms. The zero-order valence-electron chi connectivity index (χ0n) is 13.7. The lowest BCUT2D eigenvalue weighted by Crippen LogP contribution is -2.25. The third-order valence-electron chi connectivity index (χ3n) is 3.91. The van der Waals surface area contributed by atoms with Crippen molar-refractivity contribution in [3.05, 3.63) is 70.7 Å². The molecule has 0 spiro atoms. The Bertz CT molecular complexity index is 927. The Kier molecular flexibility index (Phi) is 4.24. The summed E-state index contributed by atoms with van der Waals surface area (Å²) in [5.74, 6) is -0.468. The molecule has 0 radical (unpaired) electrons. The molecule has 1 N–H and O–H groups in total. The molecule has 2 heterocycles. The van der Waals surface area contributed by atoms with E-state index in [0.717, 1.165) is 23.4 Å². The minimum atomic E-state index is -4.48. The van der Waals surface area contributed by atoms with Gasteiger partial charge in [0.25, 0.3) is 5.91 Å². The Morgan fingerprint density at radius 2 is 1.80 bits per heavy atom. The average Bonchev–Trinajstić information content (AvgIpc) is 2.88. The molecule has 1 aromatic carbocycles. The second kappa shape index (κ2) is 6.23. The van der Waals surface area contributed by atoms with Crippen molar-refractivity contribution >= 4 is 11.6 Å². The van der Waals surface area contributed by atoms with E-state index < -0.39 is 17.6 Å². The van der Waals surface area contributed by atoms with Gasteiger partial charge in [0, 0.05) is 12.7 Å². The number of rotatable bonds is 3. The maximum Gasteiger partial charge on any atom is 0.417 e. The van der Waals surface area contributed by atoms with Crippen LogP contribution < -0.4 is 5.32 Å². The van der Waals surface area contributed by atoms with Crippen LogP contribution in [0.15, 0.2) is 42.6 Å². The first-order valence-corrected chi connectivity index (χ1v) is 7.65. The minimum absolute atomic E-state index is 0.105. The number of carbonyl (C=O) groups is 1. The predicted octanol–water partition coefficient (Wildman–Crippen LogP) is 3.90. The Hall–Kier alpha value is -2.83. The lowest BCUT2D eigenvalue weighted by atomic mass is 10.1. The average molecular weight is 347 g/mol. The molecule has 3 rings (SSSR count). The molecule has 130 valence electrons. The summed E-state index contributed by atoms with van der Waals surface area (Å²) in [6.45, 7) is 3.84. The van der Waals surface area contributed by atoms with E-state index in [2.05, 4.69) is 10.3 Å². The van der Waals surface area contributed by atoms with Gasteiger partial charge in [-0.1, -0.05) is 29.8 Å². The number of nitrogens with one attached hydrogen (secondary N) is 1. The van der Waals surface area contributed by atoms with Gasteiger partial charge in [-0.15, -0.1) is 0 Å². The van der Waals surface area contributed by atoms with Crippen molar-refractivity contribution in [2.45, 2.75) is 26.6 Å². The summed E-state index contributed by atoms with van der Waals surface area (Å²) in [7, 11) is 0. The van der Waals surface area contributed by atoms with Gasteiger partial charge < -0.3 is 5.32 Å². The third kappa shape index (κ3) is 3.50. The normalized spacial score (nSPS) is 11.7. The minimum Gasteiger partial charge on any atom is -0.347 e. The number of fused-ring (bicyclic) bond motifs is 1. The van der Waals surface area contributed by atoms with Crippen molar-refractivity contribution in [2.24, 2.45) is 0 Å². The number of amides is 1. The Balaban J connectivity index is 1.89. The van der Waals surface area contributed by atoms with E-state index in [1.54, 1.807) is 6.92 Å². The molecule has 3 aromatic rings. The molecular formula is C18H16F3N3O. The fraction of sp³-hybridized carbons (Fsp3) is 0.222. The molecule has 0 aliphatic heterocycles. The first-order valence-electron chi connectivity index (χ1n) is 7.65. The molecule has 0 bridgehead atoms. The van der Waals surface area contributed by atoms with Crippen molar-refractivity contribution in [1.82, 2.24) is 14.7 Å². The Labute approximate surface area is 142 Å². The largest absolute Gasteiger partial charge is 0.417 e. The van der Waals surface area contributed by atoms with Crippen LogP contribution in [0, 0.1) is 13.8 Å². The van der Waals surface area contributed by atoms with Crippen molar-refractivity contribution < 1.29 is 18.0 Å². The summed E-state index contributed by atoms with van der Waals surface area (Å²) < 4.78 is 40.0. The number of nitrogens with zero attached hydrogens (tertiary/aromatic N) is 2. The molecule has 7 heteroatoms. The van der Waals surface area contributed by atoms with Gasteiger partial charge in [-0.25, -0.2) is 4.98 Å². The Morgan fingerprint density at radius 3 is 2.44 bits per heavy atom. The van der Waals surface area contributed by atoms with Crippen LogP contribution in [0.2, 0.25) is 0 Å². The number of carbonyl (C=O) groups excluding carboxylic acids is 1. The number of halogens is 3. The highest BCUT2D eigenvalue weighted by atomic mass is 19.4. The van der Waals surface area contributed by atoms with E-state index in [0.29, 0.717) is 11.3 Å². The van der Waals surface area contributed by atoms with Gasteiger partial charge in [0.15, 0.2) is 0 Å². The van der Waals surface area contributed by atoms with Gasteiger partial charge in [-0.05, 0) is 31.5 Å². The van der Waals surface area contributed by atoms with Crippen LogP contribution in [0.1, 0.15) is 32.9 Å². The number of pyridine rings is 1. The number of aryl methyl sites for hydroxylation is 2. The molecule has 0 aliphatic carbocycles. The van der Waals surface area contributed by atoms with Crippen molar-refractivity contribution in [2.75, 3.05) is 0 Å².